The summed E-state index contributed by atoms with van der Waals surface area (Å²) in [6.07, 6.45) is -4.80. The number of hydrogen-bond acceptors (Lipinski definition) is 5. The van der Waals surface area contributed by atoms with Crippen molar-refractivity contribution in [2.45, 2.75) is 25.7 Å². The molecule has 0 unspecified atom stereocenters. The molecule has 2 N–H and O–H groups in total. The van der Waals surface area contributed by atoms with Crippen molar-refractivity contribution >= 4 is 17.0 Å². The Balaban J connectivity index is 2.18. The molecule has 0 aliphatic heterocycles. The zero-order valence-electron chi connectivity index (χ0n) is 15.2. The molecule has 0 amide bonds. The second kappa shape index (κ2) is 6.89. The maximum Gasteiger partial charge on any atom is 0.419 e. The first-order chi connectivity index (χ1) is 13.0. The third-order valence-corrected chi connectivity index (χ3v) is 4.34. The summed E-state index contributed by atoms with van der Waals surface area (Å²) in [5.41, 5.74) is -1.49. The van der Waals surface area contributed by atoms with Crippen LogP contribution in [-0.4, -0.2) is 39.0 Å². The molecule has 1 atom stereocenters. The van der Waals surface area contributed by atoms with E-state index in [1.54, 1.807) is 25.9 Å². The van der Waals surface area contributed by atoms with Gasteiger partial charge in [0.15, 0.2) is 5.65 Å². The lowest BCUT2D eigenvalue weighted by Gasteiger charge is -2.16. The van der Waals surface area contributed by atoms with E-state index in [0.717, 1.165) is 12.1 Å². The van der Waals surface area contributed by atoms with Crippen molar-refractivity contribution in [3.63, 3.8) is 0 Å². The molecule has 28 heavy (non-hydrogen) atoms. The molecule has 0 bridgehead atoms. The summed E-state index contributed by atoms with van der Waals surface area (Å²) >= 11 is 0. The Morgan fingerprint density at radius 1 is 1.32 bits per heavy atom. The van der Waals surface area contributed by atoms with Crippen LogP contribution in [0.5, 0.6) is 0 Å². The van der Waals surface area contributed by atoms with Crippen molar-refractivity contribution in [2.24, 2.45) is 0 Å². The van der Waals surface area contributed by atoms with Gasteiger partial charge in [0.05, 0.1) is 18.2 Å². The Morgan fingerprint density at radius 3 is 2.54 bits per heavy atom. The highest BCUT2D eigenvalue weighted by Gasteiger charge is 2.34. The molecule has 3 rings (SSSR count). The molecule has 2 aromatic heterocycles. The van der Waals surface area contributed by atoms with E-state index < -0.39 is 35.8 Å². The van der Waals surface area contributed by atoms with E-state index in [9.17, 15) is 27.5 Å². The molecule has 7 nitrogen and oxygen atoms in total. The van der Waals surface area contributed by atoms with Crippen molar-refractivity contribution in [3.05, 3.63) is 51.2 Å². The highest BCUT2D eigenvalue weighted by atomic mass is 19.4. The predicted octanol–water partition coefficient (Wildman–Crippen LogP) is 2.45. The molecular formula is C17H17F4N5O2. The molecule has 3 aromatic rings. The van der Waals surface area contributed by atoms with Crippen LogP contribution in [0, 0.1) is 5.82 Å². The van der Waals surface area contributed by atoms with Gasteiger partial charge in [-0.2, -0.15) is 23.3 Å². The standard InChI is InChI=1S/C17H17F4N5O2/c1-8(9-4-5-10(11(18)6-9)17(19,20)21)26-14-13(12(7-27)24-26)15(28)23-16(22-14)25(2)3/h4-6,8,27H,7H2,1-3H3,(H,22,23,28)/t8-/m1/s1. The fourth-order valence-electron chi connectivity index (χ4n) is 2.86. The number of alkyl halides is 3. The zero-order chi connectivity index (χ0) is 20.8. The lowest BCUT2D eigenvalue weighted by Crippen LogP contribution is -2.20. The van der Waals surface area contributed by atoms with Crippen LogP contribution >= 0.6 is 0 Å². The van der Waals surface area contributed by atoms with Gasteiger partial charge in [0.1, 0.15) is 16.9 Å². The third kappa shape index (κ3) is 3.33. The summed E-state index contributed by atoms with van der Waals surface area (Å²) in [6, 6.07) is 1.83. The fraction of sp³-hybridized carbons (Fsp3) is 0.353. The predicted molar refractivity (Wildman–Crippen MR) is 93.6 cm³/mol. The van der Waals surface area contributed by atoms with Gasteiger partial charge in [-0.15, -0.1) is 0 Å². The fourth-order valence-corrected chi connectivity index (χ4v) is 2.86. The van der Waals surface area contributed by atoms with Gasteiger partial charge in [-0.3, -0.25) is 9.78 Å². The number of fused-ring (bicyclic) bond motifs is 1. The minimum absolute atomic E-state index is 0.0623. The van der Waals surface area contributed by atoms with Crippen LogP contribution in [0.1, 0.15) is 29.8 Å². The molecule has 0 spiro atoms. The van der Waals surface area contributed by atoms with Crippen molar-refractivity contribution in [2.75, 3.05) is 19.0 Å². The summed E-state index contributed by atoms with van der Waals surface area (Å²) in [4.78, 5) is 20.8. The number of nitrogens with zero attached hydrogens (tertiary/aromatic N) is 4. The first-order valence-electron chi connectivity index (χ1n) is 8.20. The van der Waals surface area contributed by atoms with Crippen LogP contribution < -0.4 is 10.5 Å². The molecule has 0 aliphatic rings. The Labute approximate surface area is 156 Å². The second-order valence-electron chi connectivity index (χ2n) is 6.44. The van der Waals surface area contributed by atoms with E-state index in [-0.39, 0.29) is 28.2 Å². The summed E-state index contributed by atoms with van der Waals surface area (Å²) < 4.78 is 53.6. The number of benzene rings is 1. The highest BCUT2D eigenvalue weighted by molar-refractivity contribution is 5.78. The van der Waals surface area contributed by atoms with E-state index in [4.69, 9.17) is 0 Å². The Kier molecular flexibility index (Phi) is 4.88. The van der Waals surface area contributed by atoms with Gasteiger partial charge in [-0.1, -0.05) is 6.07 Å². The maximum absolute atomic E-state index is 14.0. The average Bonchev–Trinajstić information content (AvgIpc) is 2.99. The molecular weight excluding hydrogens is 382 g/mol. The molecule has 0 saturated carbocycles. The summed E-state index contributed by atoms with van der Waals surface area (Å²) in [6.45, 7) is 1.04. The minimum Gasteiger partial charge on any atom is -0.390 e. The van der Waals surface area contributed by atoms with E-state index in [1.807, 2.05) is 0 Å². The van der Waals surface area contributed by atoms with E-state index in [0.29, 0.717) is 6.07 Å². The summed E-state index contributed by atoms with van der Waals surface area (Å²) in [5.74, 6) is -1.18. The Morgan fingerprint density at radius 2 is 2.00 bits per heavy atom. The van der Waals surface area contributed by atoms with Gasteiger partial charge in [0.2, 0.25) is 5.95 Å². The zero-order valence-corrected chi connectivity index (χ0v) is 15.2. The normalized spacial score (nSPS) is 13.1. The number of rotatable bonds is 4. The topological polar surface area (TPSA) is 87.0 Å². The number of aliphatic hydroxyl groups excluding tert-OH is 1. The quantitative estimate of drug-likeness (QED) is 0.658. The van der Waals surface area contributed by atoms with Gasteiger partial charge in [-0.25, -0.2) is 9.07 Å². The van der Waals surface area contributed by atoms with E-state index in [1.165, 1.54) is 4.68 Å². The average molecular weight is 399 g/mol. The lowest BCUT2D eigenvalue weighted by atomic mass is 10.1. The first kappa shape index (κ1) is 19.8. The summed E-state index contributed by atoms with van der Waals surface area (Å²) in [7, 11) is 3.32. The van der Waals surface area contributed by atoms with Gasteiger partial charge in [0.25, 0.3) is 5.56 Å². The van der Waals surface area contributed by atoms with Crippen LogP contribution in [0.3, 0.4) is 0 Å². The van der Waals surface area contributed by atoms with Crippen molar-refractivity contribution in [1.29, 1.82) is 0 Å². The highest BCUT2D eigenvalue weighted by Crippen LogP contribution is 2.33. The molecule has 0 radical (unpaired) electrons. The monoisotopic (exact) mass is 399 g/mol. The molecule has 0 aliphatic carbocycles. The number of anilines is 1. The van der Waals surface area contributed by atoms with Crippen LogP contribution in [0.25, 0.3) is 11.0 Å². The molecule has 1 aromatic carbocycles. The number of nitrogens with one attached hydrogen (secondary N) is 1. The summed E-state index contributed by atoms with van der Waals surface area (Å²) in [5, 5.41) is 13.8. The number of halogens is 4. The number of hydrogen-bond donors (Lipinski definition) is 2. The third-order valence-electron chi connectivity index (χ3n) is 4.34. The molecule has 2 heterocycles. The van der Waals surface area contributed by atoms with Crippen molar-refractivity contribution < 1.29 is 22.7 Å². The van der Waals surface area contributed by atoms with Crippen molar-refractivity contribution in [1.82, 2.24) is 19.7 Å². The lowest BCUT2D eigenvalue weighted by molar-refractivity contribution is -0.140. The molecule has 150 valence electrons. The van der Waals surface area contributed by atoms with Crippen LogP contribution in [-0.2, 0) is 12.8 Å². The van der Waals surface area contributed by atoms with Gasteiger partial charge in [0, 0.05) is 14.1 Å². The van der Waals surface area contributed by atoms with Crippen LogP contribution in [0.15, 0.2) is 23.0 Å². The number of aromatic nitrogens is 4. The minimum atomic E-state index is -4.80. The number of aliphatic hydroxyl groups is 1. The van der Waals surface area contributed by atoms with Crippen molar-refractivity contribution in [3.8, 4) is 0 Å². The number of aromatic amines is 1. The van der Waals surface area contributed by atoms with Gasteiger partial charge in [-0.05, 0) is 24.6 Å². The number of H-pyrrole nitrogens is 1. The Hall–Kier alpha value is -2.95. The van der Waals surface area contributed by atoms with Crippen LogP contribution in [0.4, 0.5) is 23.5 Å². The largest absolute Gasteiger partial charge is 0.419 e. The second-order valence-corrected chi connectivity index (χ2v) is 6.44. The molecule has 0 saturated heterocycles. The van der Waals surface area contributed by atoms with E-state index >= 15 is 0 Å². The Bertz CT molecular complexity index is 1090. The van der Waals surface area contributed by atoms with Gasteiger partial charge >= 0.3 is 6.18 Å². The first-order valence-corrected chi connectivity index (χ1v) is 8.20. The maximum atomic E-state index is 14.0. The van der Waals surface area contributed by atoms with E-state index in [2.05, 4.69) is 15.1 Å². The smallest absolute Gasteiger partial charge is 0.390 e. The van der Waals surface area contributed by atoms with Gasteiger partial charge < -0.3 is 10.0 Å². The SMILES string of the molecule is C[C@H](c1ccc(C(F)(F)F)c(F)c1)n1nc(CO)c2c(=O)[nH]c(N(C)C)nc21. The molecule has 0 fully saturated rings. The molecule has 11 heteroatoms. The van der Waals surface area contributed by atoms with Crippen LogP contribution in [0.2, 0.25) is 0 Å².